The van der Waals surface area contributed by atoms with Gasteiger partial charge >= 0.3 is 0 Å². The van der Waals surface area contributed by atoms with E-state index in [0.717, 1.165) is 5.69 Å². The number of aromatic nitrogens is 4. The number of nitrogens with one attached hydrogen (secondary N) is 1. The minimum Gasteiger partial charge on any atom is -0.306 e. The molecule has 0 aromatic carbocycles. The molecular weight excluding hydrogens is 232 g/mol. The summed E-state index contributed by atoms with van der Waals surface area (Å²) in [5.41, 5.74) is 1.56. The van der Waals surface area contributed by atoms with E-state index in [-0.39, 0.29) is 5.91 Å². The molecular formula is C11H12N6O. The summed E-state index contributed by atoms with van der Waals surface area (Å²) in [4.78, 5) is 12.1. The molecule has 0 aliphatic carbocycles. The number of amides is 1. The van der Waals surface area contributed by atoms with Crippen LogP contribution in [0.25, 0.3) is 0 Å². The van der Waals surface area contributed by atoms with E-state index >= 15 is 0 Å². The van der Waals surface area contributed by atoms with Crippen LogP contribution in [-0.4, -0.2) is 25.5 Å². The molecule has 0 spiro atoms. The lowest BCUT2D eigenvalue weighted by molar-refractivity contribution is 0.102. The fourth-order valence-electron chi connectivity index (χ4n) is 1.56. The monoisotopic (exact) mass is 244 g/mol. The van der Waals surface area contributed by atoms with Gasteiger partial charge in [-0.2, -0.15) is 15.5 Å². The molecule has 92 valence electrons. The molecule has 7 nitrogen and oxygen atoms in total. The highest BCUT2D eigenvalue weighted by atomic mass is 16.1. The van der Waals surface area contributed by atoms with Crippen molar-refractivity contribution in [3.8, 4) is 6.07 Å². The maximum Gasteiger partial charge on any atom is 0.260 e. The predicted octanol–water partition coefficient (Wildman–Crippen LogP) is 0.586. The molecule has 2 aromatic heterocycles. The first-order valence-corrected chi connectivity index (χ1v) is 5.26. The Balaban J connectivity index is 2.30. The van der Waals surface area contributed by atoms with Gasteiger partial charge in [0, 0.05) is 19.8 Å². The van der Waals surface area contributed by atoms with Crippen molar-refractivity contribution in [1.29, 1.82) is 5.26 Å². The van der Waals surface area contributed by atoms with Gasteiger partial charge in [0.2, 0.25) is 0 Å². The Morgan fingerprint density at radius 2 is 2.00 bits per heavy atom. The number of nitrogens with zero attached hydrogens (tertiary/aromatic N) is 5. The summed E-state index contributed by atoms with van der Waals surface area (Å²) in [6.45, 7) is 1.80. The van der Waals surface area contributed by atoms with Crippen LogP contribution < -0.4 is 5.32 Å². The van der Waals surface area contributed by atoms with Gasteiger partial charge in [-0.1, -0.05) is 0 Å². The SMILES string of the molecule is Cc1c(C(=O)Nc2c(C#N)cnn2C)cnn1C. The Morgan fingerprint density at radius 1 is 1.33 bits per heavy atom. The van der Waals surface area contributed by atoms with E-state index in [4.69, 9.17) is 5.26 Å². The van der Waals surface area contributed by atoms with Gasteiger partial charge in [-0.05, 0) is 6.92 Å². The molecule has 0 aliphatic rings. The summed E-state index contributed by atoms with van der Waals surface area (Å²) in [6.07, 6.45) is 2.90. The molecule has 18 heavy (non-hydrogen) atoms. The van der Waals surface area contributed by atoms with E-state index in [0.29, 0.717) is 16.9 Å². The first kappa shape index (κ1) is 11.9. The van der Waals surface area contributed by atoms with Crippen LogP contribution >= 0.6 is 0 Å². The van der Waals surface area contributed by atoms with Crippen molar-refractivity contribution in [3.63, 3.8) is 0 Å². The third kappa shape index (κ3) is 1.84. The van der Waals surface area contributed by atoms with Crippen LogP contribution in [0.2, 0.25) is 0 Å². The standard InChI is InChI=1S/C11H12N6O/c1-7-9(6-14-16(7)2)11(18)15-10-8(4-12)5-13-17(10)3/h5-6H,1-3H3,(H,15,18). The third-order valence-electron chi connectivity index (χ3n) is 2.77. The zero-order valence-electron chi connectivity index (χ0n) is 10.3. The molecule has 0 saturated heterocycles. The molecule has 2 aromatic rings. The maximum atomic E-state index is 12.1. The van der Waals surface area contributed by atoms with Crippen molar-refractivity contribution in [2.24, 2.45) is 14.1 Å². The van der Waals surface area contributed by atoms with Crippen molar-refractivity contribution in [2.75, 3.05) is 5.32 Å². The minimum atomic E-state index is -0.305. The molecule has 1 N–H and O–H groups in total. The maximum absolute atomic E-state index is 12.1. The molecule has 1 amide bonds. The van der Waals surface area contributed by atoms with Crippen LogP contribution in [0.15, 0.2) is 12.4 Å². The largest absolute Gasteiger partial charge is 0.306 e. The van der Waals surface area contributed by atoms with Crippen molar-refractivity contribution in [1.82, 2.24) is 19.6 Å². The quantitative estimate of drug-likeness (QED) is 0.837. The van der Waals surface area contributed by atoms with Gasteiger partial charge in [-0.25, -0.2) is 0 Å². The van der Waals surface area contributed by atoms with Crippen LogP contribution in [0.4, 0.5) is 5.82 Å². The Kier molecular flexibility index (Phi) is 2.85. The highest BCUT2D eigenvalue weighted by Crippen LogP contribution is 2.15. The fourth-order valence-corrected chi connectivity index (χ4v) is 1.56. The number of hydrogen-bond acceptors (Lipinski definition) is 4. The number of carbonyl (C=O) groups excluding carboxylic acids is 1. The topological polar surface area (TPSA) is 88.5 Å². The lowest BCUT2D eigenvalue weighted by atomic mass is 10.2. The van der Waals surface area contributed by atoms with E-state index < -0.39 is 0 Å². The van der Waals surface area contributed by atoms with Crippen molar-refractivity contribution in [3.05, 3.63) is 29.2 Å². The summed E-state index contributed by atoms with van der Waals surface area (Å²) < 4.78 is 3.06. The molecule has 0 atom stereocenters. The van der Waals surface area contributed by atoms with Crippen molar-refractivity contribution < 1.29 is 4.79 Å². The van der Waals surface area contributed by atoms with Crippen molar-refractivity contribution >= 4 is 11.7 Å². The van der Waals surface area contributed by atoms with Gasteiger partial charge < -0.3 is 5.32 Å². The summed E-state index contributed by atoms with van der Waals surface area (Å²) in [5, 5.41) is 19.5. The normalized spacial score (nSPS) is 10.1. The molecule has 0 aliphatic heterocycles. The highest BCUT2D eigenvalue weighted by molar-refractivity contribution is 6.05. The summed E-state index contributed by atoms with van der Waals surface area (Å²) in [7, 11) is 3.42. The first-order valence-electron chi connectivity index (χ1n) is 5.26. The zero-order valence-corrected chi connectivity index (χ0v) is 10.3. The van der Waals surface area contributed by atoms with Gasteiger partial charge in [0.25, 0.3) is 5.91 Å². The van der Waals surface area contributed by atoms with Gasteiger partial charge in [-0.3, -0.25) is 14.2 Å². The second-order valence-electron chi connectivity index (χ2n) is 3.86. The van der Waals surface area contributed by atoms with Crippen molar-refractivity contribution in [2.45, 2.75) is 6.92 Å². The molecule has 2 heterocycles. The average Bonchev–Trinajstić information content (AvgIpc) is 2.85. The lowest BCUT2D eigenvalue weighted by Crippen LogP contribution is -2.16. The molecule has 0 bridgehead atoms. The first-order chi connectivity index (χ1) is 8.54. The molecule has 0 radical (unpaired) electrons. The van der Waals surface area contributed by atoms with Crippen LogP contribution in [-0.2, 0) is 14.1 Å². The van der Waals surface area contributed by atoms with E-state index in [9.17, 15) is 4.79 Å². The molecule has 7 heteroatoms. The highest BCUT2D eigenvalue weighted by Gasteiger charge is 2.16. The van der Waals surface area contributed by atoms with E-state index in [2.05, 4.69) is 15.5 Å². The van der Waals surface area contributed by atoms with Crippen LogP contribution in [0.1, 0.15) is 21.6 Å². The van der Waals surface area contributed by atoms with Gasteiger partial charge in [0.05, 0.1) is 18.0 Å². The molecule has 0 unspecified atom stereocenters. The van der Waals surface area contributed by atoms with Gasteiger partial charge in [0.15, 0.2) is 0 Å². The van der Waals surface area contributed by atoms with E-state index in [1.807, 2.05) is 6.07 Å². The second-order valence-corrected chi connectivity index (χ2v) is 3.86. The predicted molar refractivity (Wildman–Crippen MR) is 63.8 cm³/mol. The van der Waals surface area contributed by atoms with E-state index in [1.165, 1.54) is 17.1 Å². The smallest absolute Gasteiger partial charge is 0.260 e. The Labute approximate surface area is 104 Å². The van der Waals surface area contributed by atoms with Crippen LogP contribution in [0.5, 0.6) is 0 Å². The minimum absolute atomic E-state index is 0.305. The third-order valence-corrected chi connectivity index (χ3v) is 2.77. The number of anilines is 1. The van der Waals surface area contributed by atoms with Gasteiger partial charge in [0.1, 0.15) is 17.5 Å². The zero-order chi connectivity index (χ0) is 13.3. The number of hydrogen-bond donors (Lipinski definition) is 1. The Hall–Kier alpha value is -2.62. The van der Waals surface area contributed by atoms with Gasteiger partial charge in [-0.15, -0.1) is 0 Å². The lowest BCUT2D eigenvalue weighted by Gasteiger charge is -2.05. The van der Waals surface area contributed by atoms with Crippen LogP contribution in [0.3, 0.4) is 0 Å². The summed E-state index contributed by atoms with van der Waals surface area (Å²) >= 11 is 0. The fraction of sp³-hybridized carbons (Fsp3) is 0.273. The Morgan fingerprint density at radius 3 is 2.56 bits per heavy atom. The number of rotatable bonds is 2. The number of carbonyl (C=O) groups is 1. The Bertz CT molecular complexity index is 645. The van der Waals surface area contributed by atoms with Crippen LogP contribution in [0, 0.1) is 18.3 Å². The van der Waals surface area contributed by atoms with E-state index in [1.54, 1.807) is 25.7 Å². The molecule has 0 fully saturated rings. The second kappa shape index (κ2) is 4.33. The summed E-state index contributed by atoms with van der Waals surface area (Å²) in [6, 6.07) is 1.97. The average molecular weight is 244 g/mol. The molecule has 2 rings (SSSR count). The number of aryl methyl sites for hydroxylation is 2. The summed E-state index contributed by atoms with van der Waals surface area (Å²) in [5.74, 6) is 0.0754. The molecule has 0 saturated carbocycles. The number of nitriles is 1.